The molecule has 0 heterocycles. The Labute approximate surface area is 127 Å². The molecule has 0 unspecified atom stereocenters. The maximum absolute atomic E-state index is 11.9. The molecule has 3 N–H and O–H groups in total. The highest BCUT2D eigenvalue weighted by molar-refractivity contribution is 8.00. The first-order valence-corrected chi connectivity index (χ1v) is 7.46. The number of halogens is 1. The minimum absolute atomic E-state index is 0.0442. The fourth-order valence-electron chi connectivity index (χ4n) is 1.65. The Morgan fingerprint density at radius 1 is 1.30 bits per heavy atom. The predicted molar refractivity (Wildman–Crippen MR) is 86.4 cm³/mol. The van der Waals surface area contributed by atoms with Crippen LogP contribution in [-0.2, 0) is 4.79 Å². The number of hydrogen-bond acceptors (Lipinski definition) is 3. The molecule has 20 heavy (non-hydrogen) atoms. The van der Waals surface area contributed by atoms with Crippen LogP contribution in [0.2, 0.25) is 5.02 Å². The monoisotopic (exact) mass is 306 g/mol. The quantitative estimate of drug-likeness (QED) is 0.664. The van der Waals surface area contributed by atoms with Gasteiger partial charge in [0.05, 0.1) is 16.5 Å². The molecule has 0 aliphatic rings. The van der Waals surface area contributed by atoms with Crippen LogP contribution in [0.5, 0.6) is 0 Å². The van der Waals surface area contributed by atoms with Gasteiger partial charge in [-0.3, -0.25) is 4.79 Å². The van der Waals surface area contributed by atoms with Crippen LogP contribution >= 0.6 is 23.4 Å². The SMILES string of the molecule is Cc1ccccc1NC(=O)CSc1ccc(N)c(Cl)c1. The fourth-order valence-corrected chi connectivity index (χ4v) is 2.63. The van der Waals surface area contributed by atoms with Gasteiger partial charge in [-0.2, -0.15) is 0 Å². The number of hydrogen-bond donors (Lipinski definition) is 2. The smallest absolute Gasteiger partial charge is 0.234 e. The number of aryl methyl sites for hydroxylation is 1. The lowest BCUT2D eigenvalue weighted by Gasteiger charge is -2.08. The number of para-hydroxylation sites is 1. The van der Waals surface area contributed by atoms with Gasteiger partial charge in [-0.1, -0.05) is 29.8 Å². The Morgan fingerprint density at radius 3 is 2.75 bits per heavy atom. The minimum Gasteiger partial charge on any atom is -0.398 e. The Morgan fingerprint density at radius 2 is 2.05 bits per heavy atom. The first kappa shape index (κ1) is 14.8. The number of anilines is 2. The summed E-state index contributed by atoms with van der Waals surface area (Å²) in [7, 11) is 0. The molecule has 0 aromatic heterocycles. The van der Waals surface area contributed by atoms with E-state index < -0.39 is 0 Å². The Hall–Kier alpha value is -1.65. The second kappa shape index (κ2) is 6.68. The van der Waals surface area contributed by atoms with Gasteiger partial charge in [-0.15, -0.1) is 11.8 Å². The molecule has 0 aliphatic carbocycles. The van der Waals surface area contributed by atoms with E-state index in [1.807, 2.05) is 37.3 Å². The van der Waals surface area contributed by atoms with Crippen molar-refractivity contribution in [3.63, 3.8) is 0 Å². The van der Waals surface area contributed by atoms with Gasteiger partial charge in [-0.05, 0) is 36.8 Å². The third-order valence-electron chi connectivity index (χ3n) is 2.76. The molecule has 0 atom stereocenters. The van der Waals surface area contributed by atoms with Crippen molar-refractivity contribution in [1.29, 1.82) is 0 Å². The minimum atomic E-state index is -0.0442. The molecular weight excluding hydrogens is 292 g/mol. The maximum atomic E-state index is 11.9. The van der Waals surface area contributed by atoms with Gasteiger partial charge in [0.2, 0.25) is 5.91 Å². The van der Waals surface area contributed by atoms with Crippen LogP contribution in [0.25, 0.3) is 0 Å². The molecule has 2 aromatic rings. The second-order valence-electron chi connectivity index (χ2n) is 4.34. The lowest BCUT2D eigenvalue weighted by Crippen LogP contribution is -2.14. The van der Waals surface area contributed by atoms with Gasteiger partial charge in [0.15, 0.2) is 0 Å². The number of nitrogens with one attached hydrogen (secondary N) is 1. The van der Waals surface area contributed by atoms with Crippen molar-refractivity contribution in [3.05, 3.63) is 53.1 Å². The van der Waals surface area contributed by atoms with E-state index >= 15 is 0 Å². The third-order valence-corrected chi connectivity index (χ3v) is 4.08. The summed E-state index contributed by atoms with van der Waals surface area (Å²) in [5.41, 5.74) is 8.07. The number of thioether (sulfide) groups is 1. The lowest BCUT2D eigenvalue weighted by molar-refractivity contribution is -0.113. The molecular formula is C15H15ClN2OS. The maximum Gasteiger partial charge on any atom is 0.234 e. The molecule has 0 saturated heterocycles. The number of benzene rings is 2. The van der Waals surface area contributed by atoms with E-state index in [-0.39, 0.29) is 5.91 Å². The van der Waals surface area contributed by atoms with Crippen molar-refractivity contribution >= 4 is 40.6 Å². The van der Waals surface area contributed by atoms with E-state index in [9.17, 15) is 4.79 Å². The largest absolute Gasteiger partial charge is 0.398 e. The van der Waals surface area contributed by atoms with Crippen LogP contribution < -0.4 is 11.1 Å². The first-order chi connectivity index (χ1) is 9.56. The zero-order valence-electron chi connectivity index (χ0n) is 11.0. The number of carbonyl (C=O) groups is 1. The standard InChI is InChI=1S/C15H15ClN2OS/c1-10-4-2-3-5-14(10)18-15(19)9-20-11-6-7-13(17)12(16)8-11/h2-8H,9,17H2,1H3,(H,18,19). The van der Waals surface area contributed by atoms with Crippen LogP contribution in [0, 0.1) is 6.92 Å². The van der Waals surface area contributed by atoms with Crippen LogP contribution in [0.3, 0.4) is 0 Å². The average Bonchev–Trinajstić information content (AvgIpc) is 2.43. The Kier molecular flexibility index (Phi) is 4.93. The molecule has 2 aromatic carbocycles. The summed E-state index contributed by atoms with van der Waals surface area (Å²) in [6.07, 6.45) is 0. The zero-order valence-corrected chi connectivity index (χ0v) is 12.6. The van der Waals surface area contributed by atoms with Crippen molar-refractivity contribution in [2.24, 2.45) is 0 Å². The molecule has 0 spiro atoms. The zero-order chi connectivity index (χ0) is 14.5. The molecule has 2 rings (SSSR count). The summed E-state index contributed by atoms with van der Waals surface area (Å²) in [4.78, 5) is 12.8. The summed E-state index contributed by atoms with van der Waals surface area (Å²) in [6, 6.07) is 13.0. The third kappa shape index (κ3) is 3.92. The molecule has 5 heteroatoms. The number of rotatable bonds is 4. The Balaban J connectivity index is 1.92. The summed E-state index contributed by atoms with van der Waals surface area (Å²) in [5.74, 6) is 0.284. The number of nitrogen functional groups attached to an aromatic ring is 1. The van der Waals surface area contributed by atoms with Gasteiger partial charge < -0.3 is 11.1 Å². The van der Waals surface area contributed by atoms with Gasteiger partial charge in [0, 0.05) is 10.6 Å². The highest BCUT2D eigenvalue weighted by Crippen LogP contribution is 2.26. The average molecular weight is 307 g/mol. The normalized spacial score (nSPS) is 10.3. The number of nitrogens with two attached hydrogens (primary N) is 1. The highest BCUT2D eigenvalue weighted by atomic mass is 35.5. The fraction of sp³-hybridized carbons (Fsp3) is 0.133. The highest BCUT2D eigenvalue weighted by Gasteiger charge is 2.06. The predicted octanol–water partition coefficient (Wildman–Crippen LogP) is 3.96. The number of carbonyl (C=O) groups excluding carboxylic acids is 1. The van der Waals surface area contributed by atoms with E-state index in [2.05, 4.69) is 5.32 Å². The molecule has 0 fully saturated rings. The van der Waals surface area contributed by atoms with Gasteiger partial charge in [0.25, 0.3) is 0 Å². The molecule has 104 valence electrons. The van der Waals surface area contributed by atoms with Crippen molar-refractivity contribution < 1.29 is 4.79 Å². The molecule has 0 saturated carbocycles. The summed E-state index contributed by atoms with van der Waals surface area (Å²) >= 11 is 7.37. The van der Waals surface area contributed by atoms with E-state index in [4.69, 9.17) is 17.3 Å². The second-order valence-corrected chi connectivity index (χ2v) is 5.79. The topological polar surface area (TPSA) is 55.1 Å². The molecule has 3 nitrogen and oxygen atoms in total. The van der Waals surface area contributed by atoms with E-state index in [1.165, 1.54) is 11.8 Å². The van der Waals surface area contributed by atoms with Crippen molar-refractivity contribution in [2.45, 2.75) is 11.8 Å². The Bertz CT molecular complexity index is 631. The molecule has 0 radical (unpaired) electrons. The van der Waals surface area contributed by atoms with E-state index in [1.54, 1.807) is 12.1 Å². The van der Waals surface area contributed by atoms with Gasteiger partial charge in [0.1, 0.15) is 0 Å². The van der Waals surface area contributed by atoms with Crippen molar-refractivity contribution in [3.8, 4) is 0 Å². The van der Waals surface area contributed by atoms with Gasteiger partial charge >= 0.3 is 0 Å². The molecule has 0 bridgehead atoms. The van der Waals surface area contributed by atoms with E-state index in [0.717, 1.165) is 16.1 Å². The van der Waals surface area contributed by atoms with Gasteiger partial charge in [-0.25, -0.2) is 0 Å². The first-order valence-electron chi connectivity index (χ1n) is 6.09. The van der Waals surface area contributed by atoms with Crippen molar-refractivity contribution in [2.75, 3.05) is 16.8 Å². The van der Waals surface area contributed by atoms with Crippen molar-refractivity contribution in [1.82, 2.24) is 0 Å². The molecule has 1 amide bonds. The van der Waals surface area contributed by atoms with Crippen LogP contribution in [0.4, 0.5) is 11.4 Å². The summed E-state index contributed by atoms with van der Waals surface area (Å²) < 4.78 is 0. The summed E-state index contributed by atoms with van der Waals surface area (Å²) in [5, 5.41) is 3.40. The van der Waals surface area contributed by atoms with Crippen LogP contribution in [0.15, 0.2) is 47.4 Å². The van der Waals surface area contributed by atoms with Crippen LogP contribution in [0.1, 0.15) is 5.56 Å². The van der Waals surface area contributed by atoms with Crippen LogP contribution in [-0.4, -0.2) is 11.7 Å². The lowest BCUT2D eigenvalue weighted by atomic mass is 10.2. The molecule has 0 aliphatic heterocycles. The number of amides is 1. The summed E-state index contributed by atoms with van der Waals surface area (Å²) in [6.45, 7) is 1.96. The van der Waals surface area contributed by atoms with E-state index in [0.29, 0.717) is 16.5 Å².